The standard InChI is InChI=1S/C21H30N4O4S/c1-3-25-19(27)20(6-13-24(14-7-20)30(2,28)29)16-21(25)8-11-23(12-9-21)18(26)17-5-4-10-22-15-17/h4-5,10,15H,3,6-9,11-14,16H2,1-2H3. The Hall–Kier alpha value is -2.00. The lowest BCUT2D eigenvalue weighted by molar-refractivity contribution is -0.140. The Kier molecular flexibility index (Phi) is 5.38. The van der Waals surface area contributed by atoms with Crippen LogP contribution in [0.5, 0.6) is 0 Å². The highest BCUT2D eigenvalue weighted by atomic mass is 32.2. The summed E-state index contributed by atoms with van der Waals surface area (Å²) >= 11 is 0. The quantitative estimate of drug-likeness (QED) is 0.716. The van der Waals surface area contributed by atoms with Crippen molar-refractivity contribution in [1.29, 1.82) is 0 Å². The van der Waals surface area contributed by atoms with Gasteiger partial charge in [-0.15, -0.1) is 0 Å². The Labute approximate surface area is 178 Å². The molecule has 8 nitrogen and oxygen atoms in total. The van der Waals surface area contributed by atoms with E-state index in [1.165, 1.54) is 10.6 Å². The van der Waals surface area contributed by atoms with Gasteiger partial charge in [0.1, 0.15) is 0 Å². The van der Waals surface area contributed by atoms with Gasteiger partial charge in [-0.05, 0) is 51.2 Å². The minimum Gasteiger partial charge on any atom is -0.338 e. The molecule has 1 aromatic rings. The van der Waals surface area contributed by atoms with Crippen LogP contribution in [0.2, 0.25) is 0 Å². The van der Waals surface area contributed by atoms with Crippen LogP contribution >= 0.6 is 0 Å². The summed E-state index contributed by atoms with van der Waals surface area (Å²) in [5.74, 6) is 0.159. The zero-order valence-corrected chi connectivity index (χ0v) is 18.5. The smallest absolute Gasteiger partial charge is 0.255 e. The van der Waals surface area contributed by atoms with Gasteiger partial charge in [0.2, 0.25) is 15.9 Å². The van der Waals surface area contributed by atoms with E-state index in [-0.39, 0.29) is 17.4 Å². The van der Waals surface area contributed by atoms with Crippen LogP contribution in [-0.4, -0.2) is 83.8 Å². The third-order valence-corrected chi connectivity index (χ3v) is 8.60. The summed E-state index contributed by atoms with van der Waals surface area (Å²) in [7, 11) is -3.23. The molecule has 0 saturated carbocycles. The van der Waals surface area contributed by atoms with Crippen LogP contribution in [0, 0.1) is 5.41 Å². The minimum atomic E-state index is -3.23. The molecule has 0 bridgehead atoms. The predicted octanol–water partition coefficient (Wildman–Crippen LogP) is 1.35. The Morgan fingerprint density at radius 3 is 2.33 bits per heavy atom. The summed E-state index contributed by atoms with van der Waals surface area (Å²) in [5, 5.41) is 0. The van der Waals surface area contributed by atoms with Crippen molar-refractivity contribution in [1.82, 2.24) is 19.1 Å². The van der Waals surface area contributed by atoms with E-state index in [4.69, 9.17) is 0 Å². The van der Waals surface area contributed by atoms with E-state index in [2.05, 4.69) is 4.98 Å². The molecule has 30 heavy (non-hydrogen) atoms. The van der Waals surface area contributed by atoms with Crippen LogP contribution in [0.1, 0.15) is 49.4 Å². The van der Waals surface area contributed by atoms with Gasteiger partial charge in [-0.1, -0.05) is 0 Å². The first-order valence-electron chi connectivity index (χ1n) is 10.7. The molecule has 1 aromatic heterocycles. The molecule has 0 atom stereocenters. The zero-order valence-electron chi connectivity index (χ0n) is 17.7. The van der Waals surface area contributed by atoms with Crippen molar-refractivity contribution in [2.24, 2.45) is 5.41 Å². The SMILES string of the molecule is CCN1C(=O)C2(CCN(S(C)(=O)=O)CC2)CC12CCN(C(=O)c1cccnc1)CC2. The average Bonchev–Trinajstić information content (AvgIpc) is 2.95. The normalized spacial score (nSPS) is 24.0. The first kappa shape index (κ1) is 21.2. The number of nitrogens with zero attached hydrogens (tertiary/aromatic N) is 4. The third-order valence-electron chi connectivity index (χ3n) is 7.29. The molecule has 3 saturated heterocycles. The molecule has 0 aromatic carbocycles. The van der Waals surface area contributed by atoms with Crippen LogP contribution in [0.25, 0.3) is 0 Å². The Morgan fingerprint density at radius 1 is 1.13 bits per heavy atom. The van der Waals surface area contributed by atoms with Gasteiger partial charge in [0.25, 0.3) is 5.91 Å². The van der Waals surface area contributed by atoms with Crippen molar-refractivity contribution < 1.29 is 18.0 Å². The molecular formula is C21H30N4O4S. The number of hydrogen-bond donors (Lipinski definition) is 0. The second-order valence-corrected chi connectivity index (χ2v) is 10.9. The van der Waals surface area contributed by atoms with E-state index >= 15 is 0 Å². The molecule has 3 fully saturated rings. The van der Waals surface area contributed by atoms with Gasteiger partial charge in [0, 0.05) is 50.7 Å². The average molecular weight is 435 g/mol. The summed E-state index contributed by atoms with van der Waals surface area (Å²) in [6, 6.07) is 3.54. The Balaban J connectivity index is 1.48. The molecule has 2 amide bonds. The fraction of sp³-hybridized carbons (Fsp3) is 0.667. The zero-order chi connectivity index (χ0) is 21.6. The number of carbonyl (C=O) groups excluding carboxylic acids is 2. The molecule has 4 heterocycles. The summed E-state index contributed by atoms with van der Waals surface area (Å²) in [5.41, 5.74) is -0.106. The molecule has 0 radical (unpaired) electrons. The van der Waals surface area contributed by atoms with Crippen molar-refractivity contribution in [2.45, 2.75) is 44.6 Å². The van der Waals surface area contributed by atoms with Crippen molar-refractivity contribution in [3.05, 3.63) is 30.1 Å². The van der Waals surface area contributed by atoms with Crippen molar-refractivity contribution in [2.75, 3.05) is 39.0 Å². The summed E-state index contributed by atoms with van der Waals surface area (Å²) in [6.07, 6.45) is 7.92. The highest BCUT2D eigenvalue weighted by Gasteiger charge is 2.60. The van der Waals surface area contributed by atoms with E-state index in [1.54, 1.807) is 24.5 Å². The monoisotopic (exact) mass is 434 g/mol. The number of aromatic nitrogens is 1. The third kappa shape index (κ3) is 3.51. The molecule has 0 aliphatic carbocycles. The van der Waals surface area contributed by atoms with Gasteiger partial charge < -0.3 is 9.80 Å². The molecule has 3 aliphatic heterocycles. The molecular weight excluding hydrogens is 404 g/mol. The van der Waals surface area contributed by atoms with Crippen LogP contribution in [0.15, 0.2) is 24.5 Å². The van der Waals surface area contributed by atoms with Gasteiger partial charge in [0.15, 0.2) is 0 Å². The van der Waals surface area contributed by atoms with E-state index in [0.717, 1.165) is 19.3 Å². The van der Waals surface area contributed by atoms with E-state index in [1.807, 2.05) is 16.7 Å². The maximum Gasteiger partial charge on any atom is 0.255 e. The molecule has 2 spiro atoms. The lowest BCUT2D eigenvalue weighted by Gasteiger charge is -2.45. The second kappa shape index (κ2) is 7.60. The summed E-state index contributed by atoms with van der Waals surface area (Å²) < 4.78 is 25.3. The summed E-state index contributed by atoms with van der Waals surface area (Å²) in [6.45, 7) is 4.70. The van der Waals surface area contributed by atoms with E-state index in [9.17, 15) is 18.0 Å². The number of rotatable bonds is 3. The number of carbonyl (C=O) groups is 2. The Morgan fingerprint density at radius 2 is 1.80 bits per heavy atom. The largest absolute Gasteiger partial charge is 0.338 e. The number of pyridine rings is 1. The fourth-order valence-electron chi connectivity index (χ4n) is 5.66. The number of piperidine rings is 2. The van der Waals surface area contributed by atoms with Gasteiger partial charge in [-0.3, -0.25) is 14.6 Å². The number of hydrogen-bond acceptors (Lipinski definition) is 5. The topological polar surface area (TPSA) is 90.9 Å². The van der Waals surface area contributed by atoms with Crippen LogP contribution < -0.4 is 0 Å². The fourth-order valence-corrected chi connectivity index (χ4v) is 6.51. The van der Waals surface area contributed by atoms with Crippen LogP contribution in [0.4, 0.5) is 0 Å². The lowest BCUT2D eigenvalue weighted by Crippen LogP contribution is -2.54. The molecule has 4 rings (SSSR count). The highest BCUT2D eigenvalue weighted by molar-refractivity contribution is 7.88. The molecule has 164 valence electrons. The number of likely N-dealkylation sites (tertiary alicyclic amines) is 2. The first-order valence-corrected chi connectivity index (χ1v) is 12.5. The van der Waals surface area contributed by atoms with E-state index < -0.39 is 15.4 Å². The maximum atomic E-state index is 13.4. The summed E-state index contributed by atoms with van der Waals surface area (Å²) in [4.78, 5) is 34.2. The highest BCUT2D eigenvalue weighted by Crippen LogP contribution is 2.52. The van der Waals surface area contributed by atoms with Crippen LogP contribution in [-0.2, 0) is 14.8 Å². The second-order valence-electron chi connectivity index (χ2n) is 8.93. The van der Waals surface area contributed by atoms with Gasteiger partial charge in [0.05, 0.1) is 17.2 Å². The number of sulfonamides is 1. The maximum absolute atomic E-state index is 13.4. The van der Waals surface area contributed by atoms with Gasteiger partial charge >= 0.3 is 0 Å². The van der Waals surface area contributed by atoms with Crippen molar-refractivity contribution in [3.63, 3.8) is 0 Å². The van der Waals surface area contributed by atoms with E-state index in [0.29, 0.717) is 51.1 Å². The minimum absolute atomic E-state index is 0.0125. The molecule has 3 aliphatic rings. The first-order chi connectivity index (χ1) is 14.2. The molecule has 0 N–H and O–H groups in total. The predicted molar refractivity (Wildman–Crippen MR) is 112 cm³/mol. The van der Waals surface area contributed by atoms with Gasteiger partial charge in [-0.2, -0.15) is 0 Å². The molecule has 0 unspecified atom stereocenters. The van der Waals surface area contributed by atoms with Crippen molar-refractivity contribution in [3.8, 4) is 0 Å². The Bertz CT molecular complexity index is 918. The van der Waals surface area contributed by atoms with Crippen LogP contribution in [0.3, 0.4) is 0 Å². The molecule has 9 heteroatoms. The van der Waals surface area contributed by atoms with Gasteiger partial charge in [-0.25, -0.2) is 12.7 Å². The lowest BCUT2D eigenvalue weighted by atomic mass is 9.71. The number of amides is 2. The van der Waals surface area contributed by atoms with Crippen molar-refractivity contribution >= 4 is 21.8 Å².